The molecule has 9 amide bonds. The van der Waals surface area contributed by atoms with Gasteiger partial charge in [0, 0.05) is 12.3 Å². The van der Waals surface area contributed by atoms with Gasteiger partial charge in [0.15, 0.2) is 0 Å². The molecule has 0 aromatic carbocycles. The summed E-state index contributed by atoms with van der Waals surface area (Å²) in [6.07, 6.45) is 0.885. The molecule has 0 aromatic rings. The minimum absolute atomic E-state index is 0.0742. The predicted octanol–water partition coefficient (Wildman–Crippen LogP) is -2.90. The number of amides is 9. The second-order valence-corrected chi connectivity index (χ2v) is 18.4. The Bertz CT molecular complexity index is 1670. The molecule has 0 unspecified atom stereocenters. The lowest BCUT2D eigenvalue weighted by molar-refractivity contribution is -0.144. The zero-order valence-corrected chi connectivity index (χ0v) is 39.8. The summed E-state index contributed by atoms with van der Waals surface area (Å²) in [5.74, 6) is -9.11. The third-order valence-electron chi connectivity index (χ3n) is 10.3. The Balaban J connectivity index is 3.14. The fraction of sp³-hybridized carbons (Fsp3) is 0.750. The Kier molecular flexibility index (Phi) is 24.7. The number of carbonyl (C=O) groups is 10. The summed E-state index contributed by atoms with van der Waals surface area (Å²) in [4.78, 5) is 131. The highest BCUT2D eigenvalue weighted by atomic mass is 32.2. The van der Waals surface area contributed by atoms with Crippen molar-refractivity contribution in [3.05, 3.63) is 0 Å². The smallest absolute Gasteiger partial charge is 0.326 e. The van der Waals surface area contributed by atoms with E-state index in [0.29, 0.717) is 12.2 Å². The highest BCUT2D eigenvalue weighted by molar-refractivity contribution is 7.98. The predicted molar refractivity (Wildman–Crippen MR) is 241 cm³/mol. The van der Waals surface area contributed by atoms with Crippen molar-refractivity contribution in [3.8, 4) is 0 Å². The number of hydrogen-bond acceptors (Lipinski definition) is 14. The van der Waals surface area contributed by atoms with Crippen LogP contribution < -0.4 is 48.7 Å². The molecule has 0 saturated carbocycles. The Labute approximate surface area is 384 Å². The number of carboxylic acids is 1. The van der Waals surface area contributed by atoms with E-state index >= 15 is 0 Å². The maximum absolute atomic E-state index is 14.1. The maximum atomic E-state index is 14.1. The van der Waals surface area contributed by atoms with Crippen LogP contribution in [-0.4, -0.2) is 159 Å². The van der Waals surface area contributed by atoms with Crippen molar-refractivity contribution in [2.24, 2.45) is 29.2 Å². The molecule has 1 rings (SSSR count). The first-order valence-corrected chi connectivity index (χ1v) is 23.3. The van der Waals surface area contributed by atoms with E-state index in [9.17, 15) is 58.2 Å². The van der Waals surface area contributed by atoms with E-state index in [0.717, 1.165) is 0 Å². The molecule has 1 saturated heterocycles. The number of aliphatic carboxylic acids is 1. The third kappa shape index (κ3) is 18.4. The monoisotopic (exact) mass is 946 g/mol. The Hall–Kier alpha value is -4.68. The summed E-state index contributed by atoms with van der Waals surface area (Å²) in [5.41, 5.74) is 11.0. The summed E-state index contributed by atoms with van der Waals surface area (Å²) < 4.78 is 0. The van der Waals surface area contributed by atoms with Crippen molar-refractivity contribution >= 4 is 83.5 Å². The van der Waals surface area contributed by atoms with Crippen LogP contribution in [-0.2, 0) is 47.9 Å². The minimum atomic E-state index is -1.57. The van der Waals surface area contributed by atoms with Crippen molar-refractivity contribution < 1.29 is 58.2 Å². The van der Waals surface area contributed by atoms with Crippen molar-refractivity contribution in [1.82, 2.24) is 42.1 Å². The standard InChI is InChI=1S/C40H70N10O12S2/c1-18(2)15-25(45-33(54)23(41)16-28(42)52)35(56)47-29(19(3)4)39(60)50-13-10-11-27(50)37(58)44-24(12-14-64-9)34(55)46-26(17-63)36(57)43-21(7)32(53)49-31(22(8)51)38(59)48-30(20(5)6)40(61)62/h18-27,29-31,51,63H,10-17,41H2,1-9H3,(H2,42,52)(H,43,57)(H,44,58)(H,45,54)(H,46,55)(H,47,56)(H,48,59)(H,49,53)(H,61,62)/t21-,22+,23-,24-,25-,26-,27-,29-,30-,31-/m0/s1. The van der Waals surface area contributed by atoms with Gasteiger partial charge in [0.1, 0.15) is 48.3 Å². The number of likely N-dealkylation sites (tertiary alicyclic amines) is 1. The molecule has 22 nitrogen and oxygen atoms in total. The number of thioether (sulfide) groups is 1. The number of aliphatic hydroxyl groups excluding tert-OH is 1. The van der Waals surface area contributed by atoms with Crippen LogP contribution in [0.4, 0.5) is 0 Å². The molecule has 0 bridgehead atoms. The number of nitrogens with two attached hydrogens (primary N) is 2. The van der Waals surface area contributed by atoms with Gasteiger partial charge in [0.2, 0.25) is 53.2 Å². The molecule has 13 N–H and O–H groups in total. The zero-order chi connectivity index (χ0) is 49.2. The average Bonchev–Trinajstić information content (AvgIpc) is 3.70. The number of thiol groups is 1. The van der Waals surface area contributed by atoms with E-state index < -0.39 is 138 Å². The number of nitrogens with zero attached hydrogens (tertiary/aromatic N) is 1. The number of carboxylic acid groups (broad SMARTS) is 1. The molecule has 1 fully saturated rings. The maximum Gasteiger partial charge on any atom is 0.326 e. The molecule has 364 valence electrons. The van der Waals surface area contributed by atoms with Crippen LogP contribution in [0, 0.1) is 17.8 Å². The van der Waals surface area contributed by atoms with Crippen LogP contribution >= 0.6 is 24.4 Å². The number of hydrogen-bond donors (Lipinski definition) is 12. The van der Waals surface area contributed by atoms with Crippen LogP contribution in [0.15, 0.2) is 0 Å². The van der Waals surface area contributed by atoms with Crippen molar-refractivity contribution in [1.29, 1.82) is 0 Å². The number of carbonyl (C=O) groups excluding carboxylic acids is 9. The van der Waals surface area contributed by atoms with Gasteiger partial charge in [-0.3, -0.25) is 43.2 Å². The molecule has 0 spiro atoms. The Morgan fingerprint density at radius 2 is 1.23 bits per heavy atom. The van der Waals surface area contributed by atoms with Crippen LogP contribution in [0.25, 0.3) is 0 Å². The minimum Gasteiger partial charge on any atom is -0.480 e. The van der Waals surface area contributed by atoms with Gasteiger partial charge < -0.3 is 63.8 Å². The molecule has 1 heterocycles. The van der Waals surface area contributed by atoms with Gasteiger partial charge in [-0.2, -0.15) is 24.4 Å². The normalized spacial score (nSPS) is 18.0. The van der Waals surface area contributed by atoms with Crippen molar-refractivity contribution in [3.63, 3.8) is 0 Å². The first-order chi connectivity index (χ1) is 29.8. The summed E-state index contributed by atoms with van der Waals surface area (Å²) in [6, 6.07) is -11.2. The quantitative estimate of drug-likeness (QED) is 0.0368. The zero-order valence-electron chi connectivity index (χ0n) is 38.1. The fourth-order valence-electron chi connectivity index (χ4n) is 6.60. The van der Waals surface area contributed by atoms with Gasteiger partial charge in [0.25, 0.3) is 0 Å². The topological polar surface area (TPSA) is 351 Å². The van der Waals surface area contributed by atoms with Gasteiger partial charge in [-0.1, -0.05) is 41.5 Å². The van der Waals surface area contributed by atoms with Crippen LogP contribution in [0.3, 0.4) is 0 Å². The lowest BCUT2D eigenvalue weighted by Gasteiger charge is -2.32. The molecule has 0 aliphatic carbocycles. The largest absolute Gasteiger partial charge is 0.480 e. The number of rotatable bonds is 27. The van der Waals surface area contributed by atoms with Crippen molar-refractivity contribution in [2.75, 3.05) is 24.3 Å². The summed E-state index contributed by atoms with van der Waals surface area (Å²) >= 11 is 5.59. The van der Waals surface area contributed by atoms with Gasteiger partial charge in [-0.15, -0.1) is 0 Å². The van der Waals surface area contributed by atoms with Crippen LogP contribution in [0.1, 0.15) is 87.5 Å². The molecule has 0 aromatic heterocycles. The first-order valence-electron chi connectivity index (χ1n) is 21.2. The van der Waals surface area contributed by atoms with Gasteiger partial charge in [-0.05, 0) is 69.3 Å². The number of nitrogens with one attached hydrogen (secondary N) is 7. The third-order valence-corrected chi connectivity index (χ3v) is 11.3. The SMILES string of the molecule is CSCC[C@H](NC(=O)[C@@H]1CCCN1C(=O)[C@@H](NC(=O)[C@H](CC(C)C)NC(=O)[C@@H](N)CC(N)=O)C(C)C)C(=O)N[C@@H](CS)C(=O)N[C@@H](C)C(=O)N[C@H](C(=O)N[C@H](C(=O)O)C(C)C)[C@@H](C)O. The number of primary amides is 1. The molecule has 1 aliphatic rings. The fourth-order valence-corrected chi connectivity index (χ4v) is 7.33. The molecule has 1 aliphatic heterocycles. The molecular formula is C40H70N10O12S2. The van der Waals surface area contributed by atoms with E-state index in [2.05, 4.69) is 49.8 Å². The van der Waals surface area contributed by atoms with E-state index in [1.165, 1.54) is 30.5 Å². The average molecular weight is 947 g/mol. The molecule has 24 heteroatoms. The lowest BCUT2D eigenvalue weighted by Crippen LogP contribution is -2.61. The summed E-state index contributed by atoms with van der Waals surface area (Å²) in [7, 11) is 0. The van der Waals surface area contributed by atoms with Crippen LogP contribution in [0.5, 0.6) is 0 Å². The summed E-state index contributed by atoms with van der Waals surface area (Å²) in [6.45, 7) is 12.9. The first kappa shape index (κ1) is 57.3. The Morgan fingerprint density at radius 3 is 1.73 bits per heavy atom. The van der Waals surface area contributed by atoms with E-state index in [-0.39, 0.29) is 37.5 Å². The van der Waals surface area contributed by atoms with E-state index in [1.54, 1.807) is 34.0 Å². The van der Waals surface area contributed by atoms with E-state index in [4.69, 9.17) is 11.5 Å². The molecule has 64 heavy (non-hydrogen) atoms. The lowest BCUT2D eigenvalue weighted by atomic mass is 9.99. The van der Waals surface area contributed by atoms with Crippen LogP contribution in [0.2, 0.25) is 0 Å². The van der Waals surface area contributed by atoms with Crippen molar-refractivity contribution in [2.45, 2.75) is 148 Å². The Morgan fingerprint density at radius 1 is 0.703 bits per heavy atom. The van der Waals surface area contributed by atoms with Gasteiger partial charge >= 0.3 is 5.97 Å². The highest BCUT2D eigenvalue weighted by Gasteiger charge is 2.41. The van der Waals surface area contributed by atoms with Gasteiger partial charge in [0.05, 0.1) is 18.6 Å². The molecular weight excluding hydrogens is 877 g/mol. The highest BCUT2D eigenvalue weighted by Crippen LogP contribution is 2.21. The molecule has 0 radical (unpaired) electrons. The molecule has 10 atom stereocenters. The second-order valence-electron chi connectivity index (χ2n) is 17.0. The number of aliphatic hydroxyl groups is 1. The van der Waals surface area contributed by atoms with E-state index in [1.807, 2.05) is 13.8 Å². The second kappa shape index (κ2) is 27.6. The van der Waals surface area contributed by atoms with Gasteiger partial charge in [-0.25, -0.2) is 4.79 Å². The summed E-state index contributed by atoms with van der Waals surface area (Å²) in [5, 5.41) is 37.2.